The Morgan fingerprint density at radius 1 is 1.19 bits per heavy atom. The van der Waals surface area contributed by atoms with Gasteiger partial charge >= 0.3 is 6.61 Å². The van der Waals surface area contributed by atoms with Gasteiger partial charge in [-0.1, -0.05) is 6.07 Å². The van der Waals surface area contributed by atoms with E-state index in [2.05, 4.69) is 4.74 Å². The molecule has 0 unspecified atom stereocenters. The number of halogens is 2. The Morgan fingerprint density at radius 2 is 1.93 bits per heavy atom. The SMILES string of the molecule is O=C1CCC(c2ccc(OC(F)F)c3oc4ccc([N+](=O)[O-])cc4c23)CC1. The first-order valence-electron chi connectivity index (χ1n) is 8.54. The van der Waals surface area contributed by atoms with Gasteiger partial charge in [0.15, 0.2) is 11.3 Å². The summed E-state index contributed by atoms with van der Waals surface area (Å²) in [6.07, 6.45) is 2.20. The van der Waals surface area contributed by atoms with Gasteiger partial charge in [0.2, 0.25) is 0 Å². The fourth-order valence-electron chi connectivity index (χ4n) is 3.76. The number of carbonyl (C=O) groups is 1. The molecule has 1 heterocycles. The molecule has 0 N–H and O–H groups in total. The van der Waals surface area contributed by atoms with Gasteiger partial charge in [-0.3, -0.25) is 14.9 Å². The molecule has 0 aliphatic heterocycles. The number of nitro groups is 1. The maximum Gasteiger partial charge on any atom is 0.387 e. The molecule has 1 aromatic heterocycles. The number of furan rings is 1. The third-order valence-corrected chi connectivity index (χ3v) is 5.01. The molecule has 1 aliphatic carbocycles. The topological polar surface area (TPSA) is 82.6 Å². The minimum atomic E-state index is -3.02. The van der Waals surface area contributed by atoms with Gasteiger partial charge in [-0.25, -0.2) is 0 Å². The number of non-ortho nitro benzene ring substituents is 1. The smallest absolute Gasteiger partial charge is 0.387 e. The number of alkyl halides is 2. The molecule has 0 atom stereocenters. The van der Waals surface area contributed by atoms with Crippen molar-refractivity contribution in [3.05, 3.63) is 46.0 Å². The number of carbonyl (C=O) groups excluding carboxylic acids is 1. The average Bonchev–Trinajstić information content (AvgIpc) is 3.02. The Labute approximate surface area is 151 Å². The first-order valence-corrected chi connectivity index (χ1v) is 8.54. The van der Waals surface area contributed by atoms with Crippen LogP contribution in [-0.4, -0.2) is 17.3 Å². The van der Waals surface area contributed by atoms with Gasteiger partial charge in [0.1, 0.15) is 11.4 Å². The van der Waals surface area contributed by atoms with Gasteiger partial charge in [-0.15, -0.1) is 0 Å². The monoisotopic (exact) mass is 375 g/mol. The first kappa shape index (κ1) is 17.4. The lowest BCUT2D eigenvalue weighted by atomic mass is 9.82. The van der Waals surface area contributed by atoms with E-state index in [-0.39, 0.29) is 28.7 Å². The predicted octanol–water partition coefficient (Wildman–Crippen LogP) is 5.32. The molecule has 0 spiro atoms. The molecule has 0 saturated heterocycles. The summed E-state index contributed by atoms with van der Waals surface area (Å²) in [5.74, 6) is 0.133. The molecule has 6 nitrogen and oxygen atoms in total. The number of ether oxygens (including phenoxy) is 1. The van der Waals surface area contributed by atoms with Crippen molar-refractivity contribution >= 4 is 33.4 Å². The molecule has 1 fully saturated rings. The van der Waals surface area contributed by atoms with Gasteiger partial charge in [0.25, 0.3) is 5.69 Å². The zero-order valence-electron chi connectivity index (χ0n) is 14.1. The minimum absolute atomic E-state index is 0.0471. The largest absolute Gasteiger partial charge is 0.452 e. The van der Waals surface area contributed by atoms with Crippen LogP contribution in [0.3, 0.4) is 0 Å². The summed E-state index contributed by atoms with van der Waals surface area (Å²) in [6, 6.07) is 7.25. The van der Waals surface area contributed by atoms with E-state index in [1.54, 1.807) is 6.07 Å². The molecule has 1 aliphatic rings. The highest BCUT2D eigenvalue weighted by Gasteiger charge is 2.26. The van der Waals surface area contributed by atoms with Crippen molar-refractivity contribution < 1.29 is 27.7 Å². The van der Waals surface area contributed by atoms with Gasteiger partial charge in [-0.2, -0.15) is 8.78 Å². The zero-order valence-corrected chi connectivity index (χ0v) is 14.1. The Bertz CT molecular complexity index is 1050. The van der Waals surface area contributed by atoms with Crippen molar-refractivity contribution in [2.24, 2.45) is 0 Å². The number of nitrogens with zero attached hydrogens (tertiary/aromatic N) is 1. The van der Waals surface area contributed by atoms with Crippen molar-refractivity contribution in [1.82, 2.24) is 0 Å². The van der Waals surface area contributed by atoms with Crippen LogP contribution in [0.5, 0.6) is 5.75 Å². The van der Waals surface area contributed by atoms with Crippen LogP contribution >= 0.6 is 0 Å². The summed E-state index contributed by atoms with van der Waals surface area (Å²) < 4.78 is 35.9. The summed E-state index contributed by atoms with van der Waals surface area (Å²) >= 11 is 0. The molecule has 4 rings (SSSR count). The summed E-state index contributed by atoms with van der Waals surface area (Å²) in [5, 5.41) is 12.2. The zero-order chi connectivity index (χ0) is 19.1. The van der Waals surface area contributed by atoms with Crippen LogP contribution in [0.2, 0.25) is 0 Å². The van der Waals surface area contributed by atoms with Gasteiger partial charge in [0.05, 0.1) is 4.92 Å². The molecule has 8 heteroatoms. The normalized spacial score (nSPS) is 15.7. The fraction of sp³-hybridized carbons (Fsp3) is 0.316. The first-order chi connectivity index (χ1) is 12.9. The second-order valence-corrected chi connectivity index (χ2v) is 6.59. The average molecular weight is 375 g/mol. The molecule has 140 valence electrons. The van der Waals surface area contributed by atoms with Crippen LogP contribution in [0.4, 0.5) is 14.5 Å². The second kappa shape index (κ2) is 6.61. The van der Waals surface area contributed by atoms with Crippen LogP contribution in [0.15, 0.2) is 34.7 Å². The molecule has 3 aromatic rings. The van der Waals surface area contributed by atoms with E-state index < -0.39 is 11.5 Å². The van der Waals surface area contributed by atoms with Crippen LogP contribution < -0.4 is 4.74 Å². The lowest BCUT2D eigenvalue weighted by Gasteiger charge is -2.22. The number of fused-ring (bicyclic) bond motifs is 3. The molecule has 0 bridgehead atoms. The number of Topliss-reactive ketones (excluding diaryl/α,β-unsaturated/α-hetero) is 1. The number of benzene rings is 2. The Kier molecular flexibility index (Phi) is 4.25. The highest BCUT2D eigenvalue weighted by atomic mass is 19.3. The van der Waals surface area contributed by atoms with Gasteiger partial charge < -0.3 is 9.15 Å². The summed E-state index contributed by atoms with van der Waals surface area (Å²) in [6.45, 7) is -3.02. The molecular formula is C19H15F2NO5. The predicted molar refractivity (Wildman–Crippen MR) is 93.2 cm³/mol. The number of hydrogen-bond acceptors (Lipinski definition) is 5. The number of rotatable bonds is 4. The maximum absolute atomic E-state index is 12.8. The number of hydrogen-bond donors (Lipinski definition) is 0. The third-order valence-electron chi connectivity index (χ3n) is 5.01. The number of nitro benzene ring substituents is 1. The van der Waals surface area contributed by atoms with E-state index >= 15 is 0 Å². The van der Waals surface area contributed by atoms with E-state index in [0.717, 1.165) is 5.56 Å². The minimum Gasteiger partial charge on any atom is -0.452 e. The van der Waals surface area contributed by atoms with Crippen LogP contribution in [0.25, 0.3) is 21.9 Å². The van der Waals surface area contributed by atoms with E-state index in [9.17, 15) is 23.7 Å². The molecule has 2 aromatic carbocycles. The van der Waals surface area contributed by atoms with Crippen LogP contribution in [0.1, 0.15) is 37.2 Å². The fourth-order valence-corrected chi connectivity index (χ4v) is 3.76. The highest BCUT2D eigenvalue weighted by Crippen LogP contribution is 2.44. The molecular weight excluding hydrogens is 360 g/mol. The van der Waals surface area contributed by atoms with E-state index in [0.29, 0.717) is 42.0 Å². The quantitative estimate of drug-likeness (QED) is 0.455. The Morgan fingerprint density at radius 3 is 2.59 bits per heavy atom. The second-order valence-electron chi connectivity index (χ2n) is 6.59. The highest BCUT2D eigenvalue weighted by molar-refractivity contribution is 6.09. The summed E-state index contributed by atoms with van der Waals surface area (Å²) in [7, 11) is 0. The van der Waals surface area contributed by atoms with Crippen molar-refractivity contribution in [2.45, 2.75) is 38.2 Å². The molecule has 0 radical (unpaired) electrons. The van der Waals surface area contributed by atoms with E-state index in [4.69, 9.17) is 4.42 Å². The van der Waals surface area contributed by atoms with Crippen molar-refractivity contribution in [3.8, 4) is 5.75 Å². The summed E-state index contributed by atoms with van der Waals surface area (Å²) in [5.41, 5.74) is 1.21. The lowest BCUT2D eigenvalue weighted by Crippen LogP contribution is -2.12. The molecule has 1 saturated carbocycles. The Hall–Kier alpha value is -3.03. The standard InChI is InChI=1S/C19H15F2NO5/c20-19(21)27-16-8-6-13(10-1-4-12(23)5-2-10)17-14-9-11(22(24)25)3-7-15(14)26-18(16)17/h3,6-10,19H,1-2,4-5H2. The lowest BCUT2D eigenvalue weighted by molar-refractivity contribution is -0.384. The van der Waals surface area contributed by atoms with E-state index in [1.807, 2.05) is 0 Å². The van der Waals surface area contributed by atoms with Gasteiger partial charge in [0, 0.05) is 35.7 Å². The maximum atomic E-state index is 12.8. The van der Waals surface area contributed by atoms with Crippen LogP contribution in [-0.2, 0) is 4.79 Å². The van der Waals surface area contributed by atoms with Crippen molar-refractivity contribution in [1.29, 1.82) is 0 Å². The van der Waals surface area contributed by atoms with Crippen molar-refractivity contribution in [2.75, 3.05) is 0 Å². The molecule has 0 amide bonds. The molecule has 27 heavy (non-hydrogen) atoms. The van der Waals surface area contributed by atoms with Gasteiger partial charge in [-0.05, 0) is 36.5 Å². The number of ketones is 1. The summed E-state index contributed by atoms with van der Waals surface area (Å²) in [4.78, 5) is 22.2. The third kappa shape index (κ3) is 3.11. The van der Waals surface area contributed by atoms with Crippen LogP contribution in [0, 0.1) is 10.1 Å². The van der Waals surface area contributed by atoms with Crippen molar-refractivity contribution in [3.63, 3.8) is 0 Å². The Balaban J connectivity index is 1.96. The van der Waals surface area contributed by atoms with E-state index in [1.165, 1.54) is 24.3 Å².